The predicted octanol–water partition coefficient (Wildman–Crippen LogP) is 4.81. The summed E-state index contributed by atoms with van der Waals surface area (Å²) in [5.41, 5.74) is 1.94. The van der Waals surface area contributed by atoms with Gasteiger partial charge in [0.25, 0.3) is 5.91 Å². The highest BCUT2D eigenvalue weighted by Gasteiger charge is 2.45. The van der Waals surface area contributed by atoms with Crippen molar-refractivity contribution in [3.8, 4) is 0 Å². The lowest BCUT2D eigenvalue weighted by Crippen LogP contribution is -2.53. The summed E-state index contributed by atoms with van der Waals surface area (Å²) in [7, 11) is 1.78. The van der Waals surface area contributed by atoms with Crippen LogP contribution in [-0.4, -0.2) is 30.4 Å². The van der Waals surface area contributed by atoms with E-state index in [0.29, 0.717) is 11.3 Å². The first-order chi connectivity index (χ1) is 14.9. The maximum Gasteiger partial charge on any atom is 0.251 e. The highest BCUT2D eigenvalue weighted by Crippen LogP contribution is 2.43. The molecule has 154 valence electrons. The van der Waals surface area contributed by atoms with E-state index < -0.39 is 5.41 Å². The summed E-state index contributed by atoms with van der Waals surface area (Å²) in [5, 5.41) is 6.03. The molecule has 1 aliphatic heterocycles. The quantitative estimate of drug-likeness (QED) is 0.434. The fourth-order valence-corrected chi connectivity index (χ4v) is 4.63. The fourth-order valence-electron chi connectivity index (χ4n) is 4.37. The Kier molecular flexibility index (Phi) is 4.55. The van der Waals surface area contributed by atoms with Crippen LogP contribution < -0.4 is 10.2 Å². The number of nitrogens with one attached hydrogen (secondary N) is 1. The lowest BCUT2D eigenvalue weighted by atomic mass is 9.78. The second-order valence-corrected chi connectivity index (χ2v) is 8.98. The molecular formula is C25H20BrN3O2. The van der Waals surface area contributed by atoms with Gasteiger partial charge in [-0.05, 0) is 48.7 Å². The van der Waals surface area contributed by atoms with Gasteiger partial charge in [0.05, 0.1) is 16.9 Å². The molecule has 4 aromatic rings. The molecule has 1 atom stereocenters. The number of likely N-dealkylation sites (N-methyl/N-ethyl adjacent to an activating group) is 1. The fraction of sp³-hybridized carbons (Fsp3) is 0.160. The van der Waals surface area contributed by atoms with Crippen LogP contribution in [0.5, 0.6) is 0 Å². The number of anilines is 1. The Labute approximate surface area is 188 Å². The molecule has 31 heavy (non-hydrogen) atoms. The Morgan fingerprint density at radius 1 is 1.03 bits per heavy atom. The zero-order chi connectivity index (χ0) is 21.8. The standard InChI is InChI=1S/C25H20BrN3O2/c1-25(14-27-23(30)15-10-12-16(26)13-11-15)22-21-18(17-6-3-4-8-19(17)28-22)7-5-9-20(21)29(2)24(25)31/h3-13H,14H2,1-2H3,(H,27,30). The van der Waals surface area contributed by atoms with Crippen molar-refractivity contribution in [1.82, 2.24) is 10.3 Å². The molecule has 0 bridgehead atoms. The van der Waals surface area contributed by atoms with Crippen LogP contribution in [0, 0.1) is 0 Å². The molecule has 0 aliphatic carbocycles. The van der Waals surface area contributed by atoms with Gasteiger partial charge in [0.2, 0.25) is 5.91 Å². The lowest BCUT2D eigenvalue weighted by Gasteiger charge is -2.38. The van der Waals surface area contributed by atoms with Gasteiger partial charge in [-0.3, -0.25) is 14.6 Å². The molecule has 5 nitrogen and oxygen atoms in total. The predicted molar refractivity (Wildman–Crippen MR) is 126 cm³/mol. The Morgan fingerprint density at radius 2 is 1.74 bits per heavy atom. The van der Waals surface area contributed by atoms with E-state index in [1.54, 1.807) is 24.1 Å². The van der Waals surface area contributed by atoms with Crippen molar-refractivity contribution in [2.75, 3.05) is 18.5 Å². The van der Waals surface area contributed by atoms with E-state index in [1.807, 2.05) is 55.5 Å². The molecule has 0 saturated carbocycles. The Hall–Kier alpha value is -3.25. The van der Waals surface area contributed by atoms with Gasteiger partial charge in [-0.15, -0.1) is 0 Å². The maximum atomic E-state index is 13.5. The van der Waals surface area contributed by atoms with Crippen LogP contribution in [0.2, 0.25) is 0 Å². The Balaban J connectivity index is 1.63. The molecule has 1 unspecified atom stereocenters. The number of pyridine rings is 1. The average molecular weight is 474 g/mol. The van der Waals surface area contributed by atoms with E-state index in [9.17, 15) is 9.59 Å². The third-order valence-corrected chi connectivity index (χ3v) is 6.60. The smallest absolute Gasteiger partial charge is 0.251 e. The number of hydrogen-bond donors (Lipinski definition) is 1. The van der Waals surface area contributed by atoms with Crippen molar-refractivity contribution < 1.29 is 9.59 Å². The average Bonchev–Trinajstić information content (AvgIpc) is 2.80. The van der Waals surface area contributed by atoms with E-state index in [1.165, 1.54) is 0 Å². The van der Waals surface area contributed by atoms with Crippen molar-refractivity contribution in [3.63, 3.8) is 0 Å². The summed E-state index contributed by atoms with van der Waals surface area (Å²) < 4.78 is 0.902. The monoisotopic (exact) mass is 473 g/mol. The molecule has 0 radical (unpaired) electrons. The van der Waals surface area contributed by atoms with Crippen LogP contribution >= 0.6 is 15.9 Å². The van der Waals surface area contributed by atoms with Crippen LogP contribution in [0.25, 0.3) is 21.7 Å². The molecule has 3 aromatic carbocycles. The van der Waals surface area contributed by atoms with Gasteiger partial charge >= 0.3 is 0 Å². The number of rotatable bonds is 3. The van der Waals surface area contributed by atoms with Crippen LogP contribution in [0.15, 0.2) is 71.2 Å². The molecule has 0 saturated heterocycles. The molecule has 0 fully saturated rings. The number of fused-ring (bicyclic) bond motifs is 2. The van der Waals surface area contributed by atoms with Gasteiger partial charge < -0.3 is 10.2 Å². The topological polar surface area (TPSA) is 62.3 Å². The number of amides is 2. The minimum atomic E-state index is -0.990. The second kappa shape index (κ2) is 7.17. The number of para-hydroxylation sites is 1. The number of nitrogens with zero attached hydrogens (tertiary/aromatic N) is 2. The number of benzene rings is 3. The zero-order valence-corrected chi connectivity index (χ0v) is 18.7. The largest absolute Gasteiger partial charge is 0.351 e. The minimum absolute atomic E-state index is 0.0913. The van der Waals surface area contributed by atoms with Gasteiger partial charge in [-0.2, -0.15) is 0 Å². The van der Waals surface area contributed by atoms with E-state index in [4.69, 9.17) is 4.98 Å². The normalized spacial score (nSPS) is 17.9. The van der Waals surface area contributed by atoms with Crippen LogP contribution in [-0.2, 0) is 10.2 Å². The zero-order valence-electron chi connectivity index (χ0n) is 17.1. The number of aromatic nitrogens is 1. The van der Waals surface area contributed by atoms with Crippen LogP contribution in [0.4, 0.5) is 5.69 Å². The summed E-state index contributed by atoms with van der Waals surface area (Å²) in [6, 6.07) is 21.1. The van der Waals surface area contributed by atoms with E-state index in [-0.39, 0.29) is 18.4 Å². The number of carbonyl (C=O) groups is 2. The van der Waals surface area contributed by atoms with Crippen LogP contribution in [0.3, 0.4) is 0 Å². The van der Waals surface area contributed by atoms with Gasteiger partial charge in [0, 0.05) is 34.4 Å². The third-order valence-electron chi connectivity index (χ3n) is 6.08. The maximum absolute atomic E-state index is 13.5. The van der Waals surface area contributed by atoms with Gasteiger partial charge in [-0.1, -0.05) is 46.3 Å². The summed E-state index contributed by atoms with van der Waals surface area (Å²) in [6.07, 6.45) is 0. The number of carbonyl (C=O) groups excluding carboxylic acids is 2. The molecule has 0 spiro atoms. The summed E-state index contributed by atoms with van der Waals surface area (Å²) in [5.74, 6) is -0.313. The molecule has 1 N–H and O–H groups in total. The Bertz CT molecular complexity index is 1370. The third kappa shape index (κ3) is 3.01. The Morgan fingerprint density at radius 3 is 2.52 bits per heavy atom. The molecule has 6 heteroatoms. The highest BCUT2D eigenvalue weighted by atomic mass is 79.9. The van der Waals surface area contributed by atoms with Crippen molar-refractivity contribution in [1.29, 1.82) is 0 Å². The summed E-state index contributed by atoms with van der Waals surface area (Å²) in [4.78, 5) is 32.9. The van der Waals surface area contributed by atoms with E-state index in [2.05, 4.69) is 27.3 Å². The molecule has 5 rings (SSSR count). The van der Waals surface area contributed by atoms with Crippen molar-refractivity contribution in [2.24, 2.45) is 0 Å². The minimum Gasteiger partial charge on any atom is -0.351 e. The van der Waals surface area contributed by atoms with Crippen molar-refractivity contribution >= 4 is 55.1 Å². The van der Waals surface area contributed by atoms with Crippen molar-refractivity contribution in [2.45, 2.75) is 12.3 Å². The SMILES string of the molecule is CN1C(=O)C(C)(CNC(=O)c2ccc(Br)cc2)c2nc3ccccc3c3cccc1c23. The van der Waals surface area contributed by atoms with Gasteiger partial charge in [0.15, 0.2) is 0 Å². The molecule has 1 aromatic heterocycles. The summed E-state index contributed by atoms with van der Waals surface area (Å²) in [6.45, 7) is 2.01. The lowest BCUT2D eigenvalue weighted by molar-refractivity contribution is -0.123. The molecule has 2 heterocycles. The number of hydrogen-bond acceptors (Lipinski definition) is 3. The van der Waals surface area contributed by atoms with Gasteiger partial charge in [-0.25, -0.2) is 0 Å². The highest BCUT2D eigenvalue weighted by molar-refractivity contribution is 9.10. The van der Waals surface area contributed by atoms with E-state index >= 15 is 0 Å². The number of halogens is 1. The first-order valence-electron chi connectivity index (χ1n) is 10.0. The molecule has 2 amide bonds. The first kappa shape index (κ1) is 19.7. The molecular weight excluding hydrogens is 454 g/mol. The molecule has 1 aliphatic rings. The summed E-state index contributed by atoms with van der Waals surface area (Å²) >= 11 is 3.38. The van der Waals surface area contributed by atoms with E-state index in [0.717, 1.165) is 31.8 Å². The van der Waals surface area contributed by atoms with Gasteiger partial charge in [0.1, 0.15) is 5.41 Å². The van der Waals surface area contributed by atoms with Crippen LogP contribution in [0.1, 0.15) is 23.0 Å². The second-order valence-electron chi connectivity index (χ2n) is 8.06. The first-order valence-corrected chi connectivity index (χ1v) is 10.8. The van der Waals surface area contributed by atoms with Crippen molar-refractivity contribution in [3.05, 3.63) is 82.5 Å².